The van der Waals surface area contributed by atoms with Crippen LogP contribution in [0.3, 0.4) is 0 Å². The van der Waals surface area contributed by atoms with Crippen molar-refractivity contribution in [1.29, 1.82) is 0 Å². The zero-order chi connectivity index (χ0) is 21.6. The fourth-order valence-corrected chi connectivity index (χ4v) is 3.69. The van der Waals surface area contributed by atoms with Gasteiger partial charge in [-0.05, 0) is 41.8 Å². The summed E-state index contributed by atoms with van der Waals surface area (Å²) in [5, 5.41) is 11.0. The molecule has 1 unspecified atom stereocenters. The number of para-hydroxylation sites is 2. The quantitative estimate of drug-likeness (QED) is 0.395. The summed E-state index contributed by atoms with van der Waals surface area (Å²) in [6, 6.07) is 23.3. The highest BCUT2D eigenvalue weighted by Crippen LogP contribution is 2.29. The lowest BCUT2D eigenvalue weighted by atomic mass is 10.1. The van der Waals surface area contributed by atoms with Gasteiger partial charge in [0.05, 0.1) is 24.7 Å². The largest absolute Gasteiger partial charge is 0.493 e. The zero-order valence-corrected chi connectivity index (χ0v) is 17.6. The van der Waals surface area contributed by atoms with Gasteiger partial charge in [0.2, 0.25) is 0 Å². The van der Waals surface area contributed by atoms with Crippen LogP contribution in [0, 0.1) is 0 Å². The Morgan fingerprint density at radius 2 is 1.81 bits per heavy atom. The number of benzene rings is 3. The summed E-state index contributed by atoms with van der Waals surface area (Å²) in [6.07, 6.45) is 1.82. The lowest BCUT2D eigenvalue weighted by molar-refractivity contribution is 0.201. The number of aliphatic hydroxyl groups is 1. The molecule has 0 amide bonds. The average molecular weight is 415 g/mol. The third-order valence-corrected chi connectivity index (χ3v) is 5.22. The van der Waals surface area contributed by atoms with Crippen molar-refractivity contribution in [1.82, 2.24) is 9.55 Å². The van der Waals surface area contributed by atoms with E-state index in [4.69, 9.17) is 14.5 Å². The average Bonchev–Trinajstić information content (AvgIpc) is 3.18. The van der Waals surface area contributed by atoms with Gasteiger partial charge in [-0.2, -0.15) is 0 Å². The van der Waals surface area contributed by atoms with Gasteiger partial charge in [-0.15, -0.1) is 6.58 Å². The van der Waals surface area contributed by atoms with E-state index >= 15 is 0 Å². The third kappa shape index (κ3) is 4.47. The molecule has 0 saturated heterocycles. The number of methoxy groups -OCH3 is 1. The summed E-state index contributed by atoms with van der Waals surface area (Å²) in [5.41, 5.74) is 3.73. The Kier molecular flexibility index (Phi) is 6.34. The van der Waals surface area contributed by atoms with E-state index in [1.54, 1.807) is 7.11 Å². The Labute approximate surface area is 182 Å². The molecule has 0 aliphatic rings. The van der Waals surface area contributed by atoms with Gasteiger partial charge < -0.3 is 19.1 Å². The van der Waals surface area contributed by atoms with Crippen molar-refractivity contribution in [2.24, 2.45) is 0 Å². The second kappa shape index (κ2) is 9.49. The van der Waals surface area contributed by atoms with Crippen LogP contribution in [0.15, 0.2) is 85.5 Å². The van der Waals surface area contributed by atoms with E-state index in [-0.39, 0.29) is 0 Å². The molecule has 0 aliphatic heterocycles. The van der Waals surface area contributed by atoms with Crippen molar-refractivity contribution in [2.45, 2.75) is 19.1 Å². The number of aromatic nitrogens is 2. The van der Waals surface area contributed by atoms with Crippen LogP contribution >= 0.6 is 0 Å². The molecule has 1 N–H and O–H groups in total. The fraction of sp³-hybridized carbons (Fsp3) is 0.192. The summed E-state index contributed by atoms with van der Waals surface area (Å²) in [4.78, 5) is 4.70. The summed E-state index contributed by atoms with van der Waals surface area (Å²) >= 11 is 0. The zero-order valence-electron chi connectivity index (χ0n) is 17.6. The Morgan fingerprint density at radius 1 is 1.03 bits per heavy atom. The molecule has 3 aromatic carbocycles. The molecule has 0 bridgehead atoms. The van der Waals surface area contributed by atoms with Gasteiger partial charge in [0.1, 0.15) is 18.5 Å². The first-order chi connectivity index (χ1) is 15.2. The standard InChI is InChI=1S/C26H26N2O3/c1-3-9-19-14-15-23(24(18-19)30-2)31-17-16-28-22-13-8-7-12-21(22)27-26(28)25(29)20-10-5-4-6-11-20/h3-8,10-15,18,25,29H,1,9,16-17H2,2H3. The number of fused-ring (bicyclic) bond motifs is 1. The van der Waals surface area contributed by atoms with Crippen LogP contribution in [0.25, 0.3) is 11.0 Å². The van der Waals surface area contributed by atoms with E-state index in [1.807, 2.05) is 83.4 Å². The highest BCUT2D eigenvalue weighted by Gasteiger charge is 2.19. The number of allylic oxidation sites excluding steroid dienone is 1. The highest BCUT2D eigenvalue weighted by molar-refractivity contribution is 5.76. The van der Waals surface area contributed by atoms with Crippen LogP contribution in [0.1, 0.15) is 23.1 Å². The minimum absolute atomic E-state index is 0.409. The number of nitrogens with zero attached hydrogens (tertiary/aromatic N) is 2. The Balaban J connectivity index is 1.58. The predicted octanol–water partition coefficient (Wildman–Crippen LogP) is 4.93. The van der Waals surface area contributed by atoms with E-state index in [0.717, 1.165) is 28.6 Å². The van der Waals surface area contributed by atoms with Gasteiger partial charge in [-0.1, -0.05) is 54.6 Å². The van der Waals surface area contributed by atoms with Gasteiger partial charge in [0, 0.05) is 0 Å². The normalized spacial score (nSPS) is 11.9. The Bertz CT molecular complexity index is 1170. The van der Waals surface area contributed by atoms with E-state index < -0.39 is 6.10 Å². The lowest BCUT2D eigenvalue weighted by Gasteiger charge is -2.16. The molecule has 1 atom stereocenters. The molecule has 1 aromatic heterocycles. The first kappa shape index (κ1) is 20.7. The van der Waals surface area contributed by atoms with E-state index in [1.165, 1.54) is 0 Å². The van der Waals surface area contributed by atoms with Crippen molar-refractivity contribution in [2.75, 3.05) is 13.7 Å². The smallest absolute Gasteiger partial charge is 0.161 e. The summed E-state index contributed by atoms with van der Waals surface area (Å²) in [6.45, 7) is 4.73. The minimum Gasteiger partial charge on any atom is -0.493 e. The van der Waals surface area contributed by atoms with Gasteiger partial charge >= 0.3 is 0 Å². The number of rotatable bonds is 9. The molecule has 31 heavy (non-hydrogen) atoms. The maximum Gasteiger partial charge on any atom is 0.161 e. The van der Waals surface area contributed by atoms with E-state index in [2.05, 4.69) is 6.58 Å². The molecule has 5 nitrogen and oxygen atoms in total. The first-order valence-corrected chi connectivity index (χ1v) is 10.3. The third-order valence-electron chi connectivity index (χ3n) is 5.22. The van der Waals surface area contributed by atoms with Gasteiger partial charge in [-0.25, -0.2) is 4.98 Å². The summed E-state index contributed by atoms with van der Waals surface area (Å²) in [5.74, 6) is 1.98. The molecule has 158 valence electrons. The predicted molar refractivity (Wildman–Crippen MR) is 123 cm³/mol. The fourth-order valence-electron chi connectivity index (χ4n) is 3.69. The number of hydrogen-bond acceptors (Lipinski definition) is 4. The molecule has 0 fully saturated rings. The minimum atomic E-state index is -0.818. The monoisotopic (exact) mass is 414 g/mol. The number of ether oxygens (including phenoxy) is 2. The molecule has 0 aliphatic carbocycles. The first-order valence-electron chi connectivity index (χ1n) is 10.3. The number of imidazole rings is 1. The molecule has 0 spiro atoms. The number of hydrogen-bond donors (Lipinski definition) is 1. The topological polar surface area (TPSA) is 56.5 Å². The van der Waals surface area contributed by atoms with Crippen molar-refractivity contribution in [3.8, 4) is 11.5 Å². The van der Waals surface area contributed by atoms with Crippen LogP contribution in [0.4, 0.5) is 0 Å². The molecule has 5 heteroatoms. The molecular formula is C26H26N2O3. The number of aliphatic hydroxyl groups excluding tert-OH is 1. The second-order valence-electron chi connectivity index (χ2n) is 7.25. The molecule has 4 rings (SSSR count). The summed E-state index contributed by atoms with van der Waals surface area (Å²) in [7, 11) is 1.64. The van der Waals surface area contributed by atoms with Crippen LogP contribution in [0.5, 0.6) is 11.5 Å². The highest BCUT2D eigenvalue weighted by atomic mass is 16.5. The van der Waals surface area contributed by atoms with E-state index in [9.17, 15) is 5.11 Å². The van der Waals surface area contributed by atoms with Crippen molar-refractivity contribution >= 4 is 11.0 Å². The maximum atomic E-state index is 11.0. The molecule has 4 aromatic rings. The molecular weight excluding hydrogens is 388 g/mol. The van der Waals surface area contributed by atoms with Crippen molar-refractivity contribution in [3.05, 3.63) is 102 Å². The van der Waals surface area contributed by atoms with Crippen LogP contribution in [0.2, 0.25) is 0 Å². The summed E-state index contributed by atoms with van der Waals surface area (Å²) < 4.78 is 13.6. The van der Waals surface area contributed by atoms with Gasteiger partial charge in [0.25, 0.3) is 0 Å². The van der Waals surface area contributed by atoms with Crippen molar-refractivity contribution < 1.29 is 14.6 Å². The second-order valence-corrected chi connectivity index (χ2v) is 7.25. The lowest BCUT2D eigenvalue weighted by Crippen LogP contribution is -2.15. The van der Waals surface area contributed by atoms with Crippen LogP contribution < -0.4 is 9.47 Å². The Hall–Kier alpha value is -3.57. The van der Waals surface area contributed by atoms with Crippen molar-refractivity contribution in [3.63, 3.8) is 0 Å². The SMILES string of the molecule is C=CCc1ccc(OCCn2c(C(O)c3ccccc3)nc3ccccc32)c(OC)c1. The maximum absolute atomic E-state index is 11.0. The van der Waals surface area contributed by atoms with Crippen LogP contribution in [-0.2, 0) is 13.0 Å². The molecule has 0 saturated carbocycles. The van der Waals surface area contributed by atoms with Gasteiger partial charge in [0.15, 0.2) is 11.5 Å². The van der Waals surface area contributed by atoms with Crippen LogP contribution in [-0.4, -0.2) is 28.4 Å². The molecule has 0 radical (unpaired) electrons. The molecule has 1 heterocycles. The Morgan fingerprint density at radius 3 is 2.58 bits per heavy atom. The van der Waals surface area contributed by atoms with E-state index in [0.29, 0.717) is 30.5 Å². The van der Waals surface area contributed by atoms with Gasteiger partial charge in [-0.3, -0.25) is 0 Å².